The van der Waals surface area contributed by atoms with Gasteiger partial charge in [0.05, 0.1) is 6.61 Å². The van der Waals surface area contributed by atoms with Crippen LogP contribution in [0.25, 0.3) is 22.4 Å². The molecule has 7 heteroatoms. The number of nitrogens with zero attached hydrogens (tertiary/aromatic N) is 3. The van der Waals surface area contributed by atoms with Gasteiger partial charge in [0.15, 0.2) is 5.82 Å². The molecule has 0 fully saturated rings. The zero-order valence-electron chi connectivity index (χ0n) is 15.6. The zero-order chi connectivity index (χ0) is 19.5. The number of halogens is 1. The average Bonchev–Trinajstić information content (AvgIpc) is 3.12. The Kier molecular flexibility index (Phi) is 5.12. The van der Waals surface area contributed by atoms with Crippen LogP contribution in [0, 0.1) is 6.92 Å². The first-order valence-corrected chi connectivity index (χ1v) is 9.38. The van der Waals surface area contributed by atoms with Crippen LogP contribution >= 0.6 is 11.6 Å². The summed E-state index contributed by atoms with van der Waals surface area (Å²) in [5.41, 5.74) is 3.76. The fourth-order valence-electron chi connectivity index (χ4n) is 2.99. The van der Waals surface area contributed by atoms with Gasteiger partial charge in [-0.25, -0.2) is 9.97 Å². The SMILES string of the molecule is CCOc1ccccc1CNc1nc(C)nc2c(-c3ccc(Cl)cc3)noc12. The van der Waals surface area contributed by atoms with Gasteiger partial charge in [0, 0.05) is 22.7 Å². The van der Waals surface area contributed by atoms with Gasteiger partial charge in [-0.3, -0.25) is 0 Å². The van der Waals surface area contributed by atoms with Crippen LogP contribution < -0.4 is 10.1 Å². The Balaban J connectivity index is 1.68. The number of hydrogen-bond acceptors (Lipinski definition) is 6. The van der Waals surface area contributed by atoms with E-state index in [1.54, 1.807) is 0 Å². The van der Waals surface area contributed by atoms with E-state index in [1.807, 2.05) is 62.4 Å². The monoisotopic (exact) mass is 394 g/mol. The number of ether oxygens (including phenoxy) is 1. The van der Waals surface area contributed by atoms with Crippen molar-refractivity contribution in [3.63, 3.8) is 0 Å². The van der Waals surface area contributed by atoms with E-state index in [2.05, 4.69) is 20.4 Å². The third-order valence-electron chi connectivity index (χ3n) is 4.27. The summed E-state index contributed by atoms with van der Waals surface area (Å²) >= 11 is 5.99. The van der Waals surface area contributed by atoms with Gasteiger partial charge >= 0.3 is 0 Å². The number of fused-ring (bicyclic) bond motifs is 1. The lowest BCUT2D eigenvalue weighted by atomic mass is 10.1. The highest BCUT2D eigenvalue weighted by Gasteiger charge is 2.17. The highest BCUT2D eigenvalue weighted by atomic mass is 35.5. The van der Waals surface area contributed by atoms with Gasteiger partial charge < -0.3 is 14.6 Å². The van der Waals surface area contributed by atoms with E-state index >= 15 is 0 Å². The minimum atomic E-state index is 0.518. The number of anilines is 1. The predicted octanol–water partition coefficient (Wildman–Crippen LogP) is 5.26. The van der Waals surface area contributed by atoms with E-state index in [4.69, 9.17) is 20.9 Å². The van der Waals surface area contributed by atoms with Gasteiger partial charge in [0.25, 0.3) is 0 Å². The Morgan fingerprint density at radius 1 is 1.07 bits per heavy atom. The van der Waals surface area contributed by atoms with Gasteiger partial charge in [-0.2, -0.15) is 0 Å². The summed E-state index contributed by atoms with van der Waals surface area (Å²) in [7, 11) is 0. The van der Waals surface area contributed by atoms with Crippen LogP contribution in [-0.2, 0) is 6.54 Å². The maximum absolute atomic E-state index is 5.99. The average molecular weight is 395 g/mol. The topological polar surface area (TPSA) is 73.1 Å². The van der Waals surface area contributed by atoms with Crippen molar-refractivity contribution in [1.82, 2.24) is 15.1 Å². The second-order valence-electron chi connectivity index (χ2n) is 6.23. The Bertz CT molecular complexity index is 1110. The lowest BCUT2D eigenvalue weighted by molar-refractivity contribution is 0.337. The molecule has 2 aromatic heterocycles. The first-order chi connectivity index (χ1) is 13.7. The molecule has 0 aliphatic rings. The van der Waals surface area contributed by atoms with Crippen molar-refractivity contribution in [1.29, 1.82) is 0 Å². The van der Waals surface area contributed by atoms with E-state index in [-0.39, 0.29) is 0 Å². The molecule has 0 saturated heterocycles. The largest absolute Gasteiger partial charge is 0.494 e. The molecule has 0 amide bonds. The summed E-state index contributed by atoms with van der Waals surface area (Å²) in [5, 5.41) is 8.21. The van der Waals surface area contributed by atoms with Crippen LogP contribution in [0.3, 0.4) is 0 Å². The molecular weight excluding hydrogens is 376 g/mol. The molecule has 0 bridgehead atoms. The van der Waals surface area contributed by atoms with Crippen LogP contribution in [0.15, 0.2) is 53.1 Å². The van der Waals surface area contributed by atoms with Crippen LogP contribution in [0.1, 0.15) is 18.3 Å². The summed E-state index contributed by atoms with van der Waals surface area (Å²) in [6, 6.07) is 15.3. The predicted molar refractivity (Wildman–Crippen MR) is 110 cm³/mol. The molecule has 142 valence electrons. The van der Waals surface area contributed by atoms with Crippen molar-refractivity contribution in [2.45, 2.75) is 20.4 Å². The minimum absolute atomic E-state index is 0.518. The highest BCUT2D eigenvalue weighted by molar-refractivity contribution is 6.30. The fraction of sp³-hybridized carbons (Fsp3) is 0.190. The normalized spacial score (nSPS) is 11.0. The third kappa shape index (κ3) is 3.64. The maximum Gasteiger partial charge on any atom is 0.228 e. The van der Waals surface area contributed by atoms with Crippen molar-refractivity contribution in [3.8, 4) is 17.0 Å². The molecule has 6 nitrogen and oxygen atoms in total. The standard InChI is InChI=1S/C21H19ClN4O2/c1-3-27-17-7-5-4-6-15(17)12-23-21-20-19(24-13(2)25-21)18(26-28-20)14-8-10-16(22)11-9-14/h4-11H,3,12H2,1-2H3,(H,23,24,25). The molecule has 0 unspecified atom stereocenters. The Labute approximate surface area is 167 Å². The fourth-order valence-corrected chi connectivity index (χ4v) is 3.11. The molecule has 0 radical (unpaired) electrons. The summed E-state index contributed by atoms with van der Waals surface area (Å²) in [6.07, 6.45) is 0. The summed E-state index contributed by atoms with van der Waals surface area (Å²) in [6.45, 7) is 4.96. The van der Waals surface area contributed by atoms with E-state index in [1.165, 1.54) is 0 Å². The zero-order valence-corrected chi connectivity index (χ0v) is 16.3. The van der Waals surface area contributed by atoms with Crippen molar-refractivity contribution in [2.24, 2.45) is 0 Å². The molecule has 28 heavy (non-hydrogen) atoms. The molecule has 0 saturated carbocycles. The first-order valence-electron chi connectivity index (χ1n) is 9.00. The maximum atomic E-state index is 5.99. The van der Waals surface area contributed by atoms with Crippen LogP contribution in [0.2, 0.25) is 5.02 Å². The lowest BCUT2D eigenvalue weighted by Crippen LogP contribution is -2.05. The second kappa shape index (κ2) is 7.86. The summed E-state index contributed by atoms with van der Waals surface area (Å²) < 4.78 is 11.3. The van der Waals surface area contributed by atoms with Crippen molar-refractivity contribution in [2.75, 3.05) is 11.9 Å². The van der Waals surface area contributed by atoms with Crippen LogP contribution in [-0.4, -0.2) is 21.7 Å². The van der Waals surface area contributed by atoms with Gasteiger partial charge in [-0.05, 0) is 32.0 Å². The lowest BCUT2D eigenvalue weighted by Gasteiger charge is -2.11. The minimum Gasteiger partial charge on any atom is -0.494 e. The molecule has 4 aromatic rings. The number of benzene rings is 2. The molecule has 0 aliphatic heterocycles. The third-order valence-corrected chi connectivity index (χ3v) is 4.52. The van der Waals surface area contributed by atoms with Gasteiger partial charge in [0.2, 0.25) is 5.58 Å². The number of nitrogens with one attached hydrogen (secondary N) is 1. The second-order valence-corrected chi connectivity index (χ2v) is 6.67. The quantitative estimate of drug-likeness (QED) is 0.481. The highest BCUT2D eigenvalue weighted by Crippen LogP contribution is 2.31. The number of aryl methyl sites for hydroxylation is 1. The van der Waals surface area contributed by atoms with Gasteiger partial charge in [0.1, 0.15) is 22.8 Å². The Morgan fingerprint density at radius 2 is 1.86 bits per heavy atom. The summed E-state index contributed by atoms with van der Waals surface area (Å²) in [4.78, 5) is 9.03. The van der Waals surface area contributed by atoms with Crippen molar-refractivity contribution in [3.05, 3.63) is 64.9 Å². The van der Waals surface area contributed by atoms with Crippen LogP contribution in [0.5, 0.6) is 5.75 Å². The van der Waals surface area contributed by atoms with Crippen molar-refractivity contribution >= 4 is 28.5 Å². The molecule has 0 atom stereocenters. The summed E-state index contributed by atoms with van der Waals surface area (Å²) in [5.74, 6) is 2.08. The number of hydrogen-bond donors (Lipinski definition) is 1. The molecule has 2 heterocycles. The number of aromatic nitrogens is 3. The Hall–Kier alpha value is -3.12. The molecule has 2 aromatic carbocycles. The molecular formula is C21H19ClN4O2. The molecule has 4 rings (SSSR count). The molecule has 0 spiro atoms. The van der Waals surface area contributed by atoms with E-state index in [0.717, 1.165) is 16.9 Å². The molecule has 0 aliphatic carbocycles. The Morgan fingerprint density at radius 3 is 2.64 bits per heavy atom. The van der Waals surface area contributed by atoms with Gasteiger partial charge in [-0.15, -0.1) is 0 Å². The van der Waals surface area contributed by atoms with Gasteiger partial charge in [-0.1, -0.05) is 47.1 Å². The number of rotatable bonds is 6. The van der Waals surface area contributed by atoms with E-state index in [9.17, 15) is 0 Å². The van der Waals surface area contributed by atoms with E-state index in [0.29, 0.717) is 46.6 Å². The van der Waals surface area contributed by atoms with Crippen LogP contribution in [0.4, 0.5) is 5.82 Å². The number of para-hydroxylation sites is 1. The smallest absolute Gasteiger partial charge is 0.228 e. The first kappa shape index (κ1) is 18.3. The van der Waals surface area contributed by atoms with E-state index < -0.39 is 0 Å². The van der Waals surface area contributed by atoms with Crippen molar-refractivity contribution < 1.29 is 9.26 Å². The molecule has 1 N–H and O–H groups in total.